The zero-order chi connectivity index (χ0) is 15.7. The molecule has 1 aromatic heterocycles. The molecule has 3 rings (SSSR count). The number of ether oxygens (including phenoxy) is 2. The van der Waals surface area contributed by atoms with Crippen molar-refractivity contribution in [2.45, 2.75) is 0 Å². The molecule has 0 spiro atoms. The van der Waals surface area contributed by atoms with E-state index in [0.29, 0.717) is 28.1 Å². The maximum Gasteiger partial charge on any atom is 0.193 e. The van der Waals surface area contributed by atoms with Crippen LogP contribution in [0.25, 0.3) is 22.2 Å². The first kappa shape index (κ1) is 14.0. The van der Waals surface area contributed by atoms with E-state index in [1.54, 1.807) is 43.5 Å². The van der Waals surface area contributed by atoms with E-state index in [-0.39, 0.29) is 11.2 Å². The summed E-state index contributed by atoms with van der Waals surface area (Å²) < 4.78 is 10.5. The van der Waals surface area contributed by atoms with E-state index in [0.717, 1.165) is 5.56 Å². The quantitative estimate of drug-likeness (QED) is 0.779. The van der Waals surface area contributed by atoms with Crippen molar-refractivity contribution in [2.24, 2.45) is 0 Å². The number of methoxy groups -OCH3 is 2. The molecule has 112 valence electrons. The van der Waals surface area contributed by atoms with Gasteiger partial charge in [0.15, 0.2) is 5.43 Å². The lowest BCUT2D eigenvalue weighted by atomic mass is 10.1. The van der Waals surface area contributed by atoms with Crippen LogP contribution in [0.2, 0.25) is 0 Å². The summed E-state index contributed by atoms with van der Waals surface area (Å²) in [6.45, 7) is 0. The van der Waals surface area contributed by atoms with Crippen molar-refractivity contribution in [1.82, 2.24) is 4.98 Å². The molecule has 1 heterocycles. The van der Waals surface area contributed by atoms with E-state index in [4.69, 9.17) is 9.47 Å². The second-order valence-corrected chi connectivity index (χ2v) is 4.85. The van der Waals surface area contributed by atoms with Gasteiger partial charge in [0.1, 0.15) is 17.2 Å². The minimum absolute atomic E-state index is 0.142. The van der Waals surface area contributed by atoms with E-state index >= 15 is 0 Å². The van der Waals surface area contributed by atoms with Gasteiger partial charge in [0, 0.05) is 23.9 Å². The third-order valence-electron chi connectivity index (χ3n) is 3.50. The molecule has 0 aliphatic carbocycles. The smallest absolute Gasteiger partial charge is 0.193 e. The van der Waals surface area contributed by atoms with E-state index in [2.05, 4.69) is 4.98 Å². The lowest BCUT2D eigenvalue weighted by molar-refractivity contribution is 0.397. The molecule has 2 aromatic carbocycles. The Hall–Kier alpha value is -2.95. The average Bonchev–Trinajstić information content (AvgIpc) is 2.54. The van der Waals surface area contributed by atoms with Crippen LogP contribution in [-0.2, 0) is 0 Å². The van der Waals surface area contributed by atoms with Gasteiger partial charge in [-0.3, -0.25) is 4.79 Å². The van der Waals surface area contributed by atoms with Crippen LogP contribution in [0.4, 0.5) is 0 Å². The molecule has 5 heteroatoms. The third-order valence-corrected chi connectivity index (χ3v) is 3.50. The first-order valence-corrected chi connectivity index (χ1v) is 6.71. The number of nitrogens with one attached hydrogen (secondary N) is 1. The van der Waals surface area contributed by atoms with E-state index in [1.807, 2.05) is 0 Å². The SMILES string of the molecule is COc1cc(OC)c2c(=O)cc(-c3ccc(O)cc3)[nH]c2c1. The van der Waals surface area contributed by atoms with Crippen LogP contribution in [-0.4, -0.2) is 24.3 Å². The predicted molar refractivity (Wildman–Crippen MR) is 84.8 cm³/mol. The Morgan fingerprint density at radius 3 is 2.36 bits per heavy atom. The minimum atomic E-state index is -0.142. The van der Waals surface area contributed by atoms with Gasteiger partial charge in [-0.05, 0) is 29.8 Å². The summed E-state index contributed by atoms with van der Waals surface area (Å²) in [6.07, 6.45) is 0. The molecule has 3 aromatic rings. The number of pyridine rings is 1. The lowest BCUT2D eigenvalue weighted by Gasteiger charge is -2.10. The number of aromatic nitrogens is 1. The van der Waals surface area contributed by atoms with Gasteiger partial charge < -0.3 is 19.6 Å². The van der Waals surface area contributed by atoms with Crippen LogP contribution < -0.4 is 14.9 Å². The molecule has 0 atom stereocenters. The van der Waals surface area contributed by atoms with E-state index < -0.39 is 0 Å². The monoisotopic (exact) mass is 297 g/mol. The maximum atomic E-state index is 12.4. The zero-order valence-electron chi connectivity index (χ0n) is 12.2. The number of aromatic amines is 1. The number of H-pyrrole nitrogens is 1. The summed E-state index contributed by atoms with van der Waals surface area (Å²) >= 11 is 0. The van der Waals surface area contributed by atoms with Gasteiger partial charge in [-0.15, -0.1) is 0 Å². The number of rotatable bonds is 3. The molecule has 0 aliphatic heterocycles. The first-order valence-electron chi connectivity index (χ1n) is 6.71. The summed E-state index contributed by atoms with van der Waals surface area (Å²) in [5, 5.41) is 9.84. The van der Waals surface area contributed by atoms with Gasteiger partial charge in [-0.2, -0.15) is 0 Å². The highest BCUT2D eigenvalue weighted by molar-refractivity contribution is 5.88. The van der Waals surface area contributed by atoms with Crippen molar-refractivity contribution in [2.75, 3.05) is 14.2 Å². The molecule has 22 heavy (non-hydrogen) atoms. The van der Waals surface area contributed by atoms with E-state index in [1.165, 1.54) is 13.2 Å². The Morgan fingerprint density at radius 2 is 1.73 bits per heavy atom. The maximum absolute atomic E-state index is 12.4. The summed E-state index contributed by atoms with van der Waals surface area (Å²) in [6, 6.07) is 11.6. The summed E-state index contributed by atoms with van der Waals surface area (Å²) in [5.74, 6) is 1.24. The molecule has 0 saturated carbocycles. The number of phenols is 1. The molecule has 0 radical (unpaired) electrons. The topological polar surface area (TPSA) is 71.6 Å². The molecule has 0 bridgehead atoms. The number of hydrogen-bond acceptors (Lipinski definition) is 4. The number of hydrogen-bond donors (Lipinski definition) is 2. The van der Waals surface area contributed by atoms with Crippen molar-refractivity contribution < 1.29 is 14.6 Å². The molecular formula is C17H15NO4. The second-order valence-electron chi connectivity index (χ2n) is 4.85. The molecule has 0 amide bonds. The van der Waals surface area contributed by atoms with Crippen molar-refractivity contribution in [3.63, 3.8) is 0 Å². The fourth-order valence-corrected chi connectivity index (χ4v) is 2.40. The van der Waals surface area contributed by atoms with Crippen molar-refractivity contribution in [1.29, 1.82) is 0 Å². The molecule has 2 N–H and O–H groups in total. The lowest BCUT2D eigenvalue weighted by Crippen LogP contribution is -2.05. The summed E-state index contributed by atoms with van der Waals surface area (Å²) in [5.41, 5.74) is 1.95. The van der Waals surface area contributed by atoms with E-state index in [9.17, 15) is 9.90 Å². The standard InChI is InChI=1S/C17H15NO4/c1-21-12-7-14-17(16(8-12)22-2)15(20)9-13(18-14)10-3-5-11(19)6-4-10/h3-9,19H,1-2H3,(H,18,20). The minimum Gasteiger partial charge on any atom is -0.508 e. The number of benzene rings is 2. The molecule has 0 saturated heterocycles. The predicted octanol–water partition coefficient (Wildman–Crippen LogP) is 2.92. The van der Waals surface area contributed by atoms with Gasteiger partial charge in [0.2, 0.25) is 0 Å². The highest BCUT2D eigenvalue weighted by atomic mass is 16.5. The van der Waals surface area contributed by atoms with Crippen LogP contribution in [0.3, 0.4) is 0 Å². The number of fused-ring (bicyclic) bond motifs is 1. The van der Waals surface area contributed by atoms with Crippen molar-refractivity contribution in [3.8, 4) is 28.5 Å². The molecule has 0 unspecified atom stereocenters. The molecule has 0 fully saturated rings. The Balaban J connectivity index is 2.27. The number of aromatic hydroxyl groups is 1. The van der Waals surface area contributed by atoms with Gasteiger partial charge in [-0.1, -0.05) is 0 Å². The Bertz CT molecular complexity index is 882. The Morgan fingerprint density at radius 1 is 1.00 bits per heavy atom. The van der Waals surface area contributed by atoms with Crippen LogP contribution in [0.5, 0.6) is 17.2 Å². The van der Waals surface area contributed by atoms with Crippen LogP contribution in [0, 0.1) is 0 Å². The fraction of sp³-hybridized carbons (Fsp3) is 0.118. The summed E-state index contributed by atoms with van der Waals surface area (Å²) in [4.78, 5) is 15.6. The number of phenolic OH excluding ortho intramolecular Hbond substituents is 1. The fourth-order valence-electron chi connectivity index (χ4n) is 2.40. The second kappa shape index (κ2) is 5.44. The van der Waals surface area contributed by atoms with Gasteiger partial charge >= 0.3 is 0 Å². The average molecular weight is 297 g/mol. The zero-order valence-corrected chi connectivity index (χ0v) is 12.2. The van der Waals surface area contributed by atoms with Gasteiger partial charge in [-0.25, -0.2) is 0 Å². The van der Waals surface area contributed by atoms with Crippen LogP contribution in [0.1, 0.15) is 0 Å². The third kappa shape index (κ3) is 2.37. The summed E-state index contributed by atoms with van der Waals surface area (Å²) in [7, 11) is 3.07. The Labute approximate surface area is 126 Å². The van der Waals surface area contributed by atoms with Crippen molar-refractivity contribution >= 4 is 10.9 Å². The van der Waals surface area contributed by atoms with Crippen molar-refractivity contribution in [3.05, 3.63) is 52.7 Å². The first-order chi connectivity index (χ1) is 10.6. The largest absolute Gasteiger partial charge is 0.508 e. The molecule has 0 aliphatic rings. The van der Waals surface area contributed by atoms with Crippen LogP contribution >= 0.6 is 0 Å². The Kier molecular flexibility index (Phi) is 3.47. The van der Waals surface area contributed by atoms with Crippen LogP contribution in [0.15, 0.2) is 47.3 Å². The highest BCUT2D eigenvalue weighted by Gasteiger charge is 2.11. The van der Waals surface area contributed by atoms with Gasteiger partial charge in [0.25, 0.3) is 0 Å². The molecule has 5 nitrogen and oxygen atoms in total. The molecular weight excluding hydrogens is 282 g/mol. The normalized spacial score (nSPS) is 10.6. The van der Waals surface area contributed by atoms with Gasteiger partial charge in [0.05, 0.1) is 25.1 Å². The highest BCUT2D eigenvalue weighted by Crippen LogP contribution is 2.29.